The number of hydrogen-bond donors (Lipinski definition) is 0. The predicted molar refractivity (Wildman–Crippen MR) is 105 cm³/mol. The molecule has 0 spiro atoms. The van der Waals surface area contributed by atoms with E-state index in [1.807, 2.05) is 42.5 Å². The number of hydrogen-bond acceptors (Lipinski definition) is 4. The molecule has 0 N–H and O–H groups in total. The molecule has 1 aromatic heterocycles. The van der Waals surface area contributed by atoms with Crippen LogP contribution in [0, 0.1) is 0 Å². The zero-order valence-corrected chi connectivity index (χ0v) is 16.3. The molecular formula is C22H25N3O2. The average molecular weight is 363 g/mol. The van der Waals surface area contributed by atoms with Crippen molar-refractivity contribution in [1.82, 2.24) is 15.1 Å². The summed E-state index contributed by atoms with van der Waals surface area (Å²) in [7, 11) is 1.74. The summed E-state index contributed by atoms with van der Waals surface area (Å²) < 4.78 is 5.75. The highest BCUT2D eigenvalue weighted by atomic mass is 16.4. The molecule has 0 aliphatic heterocycles. The average Bonchev–Trinajstić information content (AvgIpc) is 3.10. The topological polar surface area (TPSA) is 59.2 Å². The van der Waals surface area contributed by atoms with E-state index in [-0.39, 0.29) is 11.3 Å². The van der Waals surface area contributed by atoms with Crippen molar-refractivity contribution in [3.8, 4) is 11.5 Å². The maximum atomic E-state index is 12.4. The quantitative estimate of drug-likeness (QED) is 0.680. The number of likely N-dealkylation sites (N-methyl/N-ethyl adjacent to an activating group) is 1. The van der Waals surface area contributed by atoms with Gasteiger partial charge < -0.3 is 9.32 Å². The third kappa shape index (κ3) is 4.82. The summed E-state index contributed by atoms with van der Waals surface area (Å²) in [6.45, 7) is 6.82. The van der Waals surface area contributed by atoms with Crippen molar-refractivity contribution in [1.29, 1.82) is 0 Å². The Hall–Kier alpha value is -2.95. The van der Waals surface area contributed by atoms with E-state index in [1.165, 1.54) is 5.56 Å². The van der Waals surface area contributed by atoms with Gasteiger partial charge in [-0.2, -0.15) is 0 Å². The number of benzene rings is 2. The first kappa shape index (κ1) is 18.8. The molecule has 140 valence electrons. The Morgan fingerprint density at radius 3 is 2.30 bits per heavy atom. The van der Waals surface area contributed by atoms with Gasteiger partial charge in [-0.1, -0.05) is 63.2 Å². The van der Waals surface area contributed by atoms with Crippen LogP contribution in [0.3, 0.4) is 0 Å². The van der Waals surface area contributed by atoms with Crippen LogP contribution < -0.4 is 0 Å². The van der Waals surface area contributed by atoms with Crippen LogP contribution in [0.4, 0.5) is 0 Å². The van der Waals surface area contributed by atoms with Gasteiger partial charge in [-0.3, -0.25) is 4.79 Å². The molecule has 3 aromatic rings. The zero-order chi connectivity index (χ0) is 19.4. The summed E-state index contributed by atoms with van der Waals surface area (Å²) in [6.07, 6.45) is 0.354. The van der Waals surface area contributed by atoms with E-state index < -0.39 is 0 Å². The highest BCUT2D eigenvalue weighted by Crippen LogP contribution is 2.25. The Morgan fingerprint density at radius 1 is 1.00 bits per heavy atom. The minimum atomic E-state index is 0.00970. The van der Waals surface area contributed by atoms with Crippen LogP contribution in [0.1, 0.15) is 37.8 Å². The molecule has 1 amide bonds. The first-order valence-corrected chi connectivity index (χ1v) is 9.04. The number of amides is 1. The number of aromatic nitrogens is 2. The maximum Gasteiger partial charge on any atom is 0.247 e. The monoisotopic (exact) mass is 363 g/mol. The summed E-state index contributed by atoms with van der Waals surface area (Å²) in [5, 5.41) is 8.20. The lowest BCUT2D eigenvalue weighted by Crippen LogP contribution is -2.27. The molecule has 3 rings (SSSR count). The molecule has 0 atom stereocenters. The standard InChI is InChI=1S/C22H25N3O2/c1-22(2,3)18-12-10-17(11-13-18)21-24-23-19(27-21)15-25(4)20(26)14-16-8-6-5-7-9-16/h5-13H,14-15H2,1-4H3. The second-order valence-electron chi connectivity index (χ2n) is 7.74. The van der Waals surface area contributed by atoms with Crippen LogP contribution in [-0.2, 0) is 23.2 Å². The van der Waals surface area contributed by atoms with Crippen molar-refractivity contribution in [2.75, 3.05) is 7.05 Å². The van der Waals surface area contributed by atoms with E-state index in [4.69, 9.17) is 4.42 Å². The van der Waals surface area contributed by atoms with Gasteiger partial charge in [0.25, 0.3) is 0 Å². The lowest BCUT2D eigenvalue weighted by atomic mass is 9.87. The number of rotatable bonds is 5. The van der Waals surface area contributed by atoms with Gasteiger partial charge in [0.15, 0.2) is 0 Å². The molecule has 0 aliphatic carbocycles. The van der Waals surface area contributed by atoms with Gasteiger partial charge in [0.1, 0.15) is 0 Å². The van der Waals surface area contributed by atoms with E-state index in [0.717, 1.165) is 11.1 Å². The van der Waals surface area contributed by atoms with Crippen LogP contribution in [0.25, 0.3) is 11.5 Å². The first-order valence-electron chi connectivity index (χ1n) is 9.04. The van der Waals surface area contributed by atoms with Gasteiger partial charge in [-0.15, -0.1) is 10.2 Å². The van der Waals surface area contributed by atoms with Gasteiger partial charge in [-0.05, 0) is 28.7 Å². The Kier molecular flexibility index (Phi) is 5.40. The van der Waals surface area contributed by atoms with Crippen molar-refractivity contribution in [2.24, 2.45) is 0 Å². The SMILES string of the molecule is CN(Cc1nnc(-c2ccc(C(C)(C)C)cc2)o1)C(=O)Cc1ccccc1. The Morgan fingerprint density at radius 2 is 1.67 bits per heavy atom. The molecule has 27 heavy (non-hydrogen) atoms. The highest BCUT2D eigenvalue weighted by molar-refractivity contribution is 5.78. The largest absolute Gasteiger partial charge is 0.419 e. The van der Waals surface area contributed by atoms with Crippen LogP contribution in [0.2, 0.25) is 0 Å². The van der Waals surface area contributed by atoms with Crippen molar-refractivity contribution >= 4 is 5.91 Å². The van der Waals surface area contributed by atoms with E-state index in [2.05, 4.69) is 43.1 Å². The molecule has 0 bridgehead atoms. The molecule has 0 unspecified atom stereocenters. The van der Waals surface area contributed by atoms with Crippen molar-refractivity contribution in [3.63, 3.8) is 0 Å². The fourth-order valence-electron chi connectivity index (χ4n) is 2.74. The van der Waals surface area contributed by atoms with Gasteiger partial charge in [0.05, 0.1) is 13.0 Å². The minimum Gasteiger partial charge on any atom is -0.419 e. The van der Waals surface area contributed by atoms with E-state index >= 15 is 0 Å². The van der Waals surface area contributed by atoms with Crippen molar-refractivity contribution in [2.45, 2.75) is 39.2 Å². The molecule has 1 heterocycles. The fraction of sp³-hybridized carbons (Fsp3) is 0.318. The van der Waals surface area contributed by atoms with Crippen LogP contribution >= 0.6 is 0 Å². The summed E-state index contributed by atoms with van der Waals surface area (Å²) >= 11 is 0. The lowest BCUT2D eigenvalue weighted by Gasteiger charge is -2.18. The highest BCUT2D eigenvalue weighted by Gasteiger charge is 2.16. The second-order valence-corrected chi connectivity index (χ2v) is 7.74. The van der Waals surface area contributed by atoms with Crippen LogP contribution in [-0.4, -0.2) is 28.1 Å². The van der Waals surface area contributed by atoms with Crippen LogP contribution in [0.5, 0.6) is 0 Å². The Bertz CT molecular complexity index is 893. The normalized spacial score (nSPS) is 11.4. The summed E-state index contributed by atoms with van der Waals surface area (Å²) in [6, 6.07) is 17.8. The second kappa shape index (κ2) is 7.74. The third-order valence-corrected chi connectivity index (χ3v) is 4.46. The predicted octanol–water partition coefficient (Wildman–Crippen LogP) is 4.24. The molecular weight excluding hydrogens is 338 g/mol. The number of carbonyl (C=O) groups excluding carboxylic acids is 1. The number of carbonyl (C=O) groups is 1. The van der Waals surface area contributed by atoms with Gasteiger partial charge in [0, 0.05) is 12.6 Å². The van der Waals surface area contributed by atoms with Gasteiger partial charge in [-0.25, -0.2) is 0 Å². The smallest absolute Gasteiger partial charge is 0.247 e. The Labute approximate surface area is 160 Å². The van der Waals surface area contributed by atoms with Gasteiger partial charge >= 0.3 is 0 Å². The minimum absolute atomic E-state index is 0.00970. The zero-order valence-electron chi connectivity index (χ0n) is 16.3. The first-order chi connectivity index (χ1) is 12.8. The maximum absolute atomic E-state index is 12.4. The fourth-order valence-corrected chi connectivity index (χ4v) is 2.74. The van der Waals surface area contributed by atoms with E-state index in [1.54, 1.807) is 11.9 Å². The molecule has 5 heteroatoms. The Balaban J connectivity index is 1.64. The number of nitrogens with zero attached hydrogens (tertiary/aromatic N) is 3. The molecule has 0 saturated heterocycles. The summed E-state index contributed by atoms with van der Waals surface area (Å²) in [5.74, 6) is 0.902. The lowest BCUT2D eigenvalue weighted by molar-refractivity contribution is -0.130. The summed E-state index contributed by atoms with van der Waals surface area (Å²) in [4.78, 5) is 14.0. The van der Waals surface area contributed by atoms with E-state index in [9.17, 15) is 4.79 Å². The van der Waals surface area contributed by atoms with Gasteiger partial charge in [0.2, 0.25) is 17.7 Å². The van der Waals surface area contributed by atoms with Crippen LogP contribution in [0.15, 0.2) is 59.0 Å². The molecule has 2 aromatic carbocycles. The summed E-state index contributed by atoms with van der Waals surface area (Å²) in [5.41, 5.74) is 3.21. The molecule has 0 radical (unpaired) electrons. The molecule has 0 aliphatic rings. The third-order valence-electron chi connectivity index (χ3n) is 4.46. The molecule has 0 saturated carbocycles. The van der Waals surface area contributed by atoms with Crippen molar-refractivity contribution in [3.05, 3.63) is 71.6 Å². The van der Waals surface area contributed by atoms with Crippen molar-refractivity contribution < 1.29 is 9.21 Å². The van der Waals surface area contributed by atoms with E-state index in [0.29, 0.717) is 24.7 Å². The molecule has 0 fully saturated rings. The molecule has 5 nitrogen and oxygen atoms in total.